The number of rotatable bonds is 5. The quantitative estimate of drug-likeness (QED) is 0.179. The lowest BCUT2D eigenvalue weighted by Gasteiger charge is -2.11. The van der Waals surface area contributed by atoms with Crippen LogP contribution in [0.15, 0.2) is 152 Å². The lowest BCUT2D eigenvalue weighted by molar-refractivity contribution is 1.02. The van der Waals surface area contributed by atoms with Gasteiger partial charge in [0.2, 0.25) is 0 Å². The maximum Gasteiger partial charge on any atom is 0.388 e. The number of nitrogens with zero attached hydrogens (tertiary/aromatic N) is 4. The van der Waals surface area contributed by atoms with Crippen molar-refractivity contribution < 1.29 is 0 Å². The van der Waals surface area contributed by atoms with Gasteiger partial charge in [0.15, 0.2) is 6.21 Å². The first-order chi connectivity index (χ1) is 26.8. The first-order valence-electron chi connectivity index (χ1n) is 18.5. The number of aromatic amines is 1. The van der Waals surface area contributed by atoms with Crippen molar-refractivity contribution in [3.63, 3.8) is 0 Å². The van der Waals surface area contributed by atoms with Crippen LogP contribution in [0.2, 0.25) is 0 Å². The largest absolute Gasteiger partial charge is 0.388 e. The summed E-state index contributed by atoms with van der Waals surface area (Å²) in [5.74, 6) is 0. The van der Waals surface area contributed by atoms with Crippen LogP contribution in [0.4, 0.5) is 0 Å². The Kier molecular flexibility index (Phi) is 6.01. The van der Waals surface area contributed by atoms with E-state index >= 15 is 0 Å². The minimum Gasteiger partial charge on any atom is -0.347 e. The Morgan fingerprint density at radius 1 is 0.500 bits per heavy atom. The molecule has 252 valence electrons. The number of benzene rings is 6. The first-order valence-corrected chi connectivity index (χ1v) is 18.5. The van der Waals surface area contributed by atoms with E-state index in [2.05, 4.69) is 183 Å². The molecule has 0 saturated carbocycles. The minimum absolute atomic E-state index is 0.968. The second kappa shape index (κ2) is 11.1. The van der Waals surface area contributed by atoms with Gasteiger partial charge in [0, 0.05) is 56.0 Å². The molecule has 0 saturated heterocycles. The van der Waals surface area contributed by atoms with Crippen LogP contribution in [-0.2, 0) is 0 Å². The molecule has 5 heterocycles. The minimum atomic E-state index is 0.968. The number of aromatic nitrogens is 4. The first kappa shape index (κ1) is 29.3. The standard InChI is InChI=1S/C49H32N5/c1-2-9-31(10-3-1)32-17-20-34(21-18-32)53-46-23-19-33(29-41(46)39-25-27-50-48(39)53)36-11-4-6-14-43(36)54-47-24-22-35(30-42(47)40-26-28-51-49(40)54)52-44-15-7-5-12-37(44)38-13-8-16-45(38)52/h1-7,9-30,50H,8H2/q+1. The zero-order chi connectivity index (χ0) is 35.3. The van der Waals surface area contributed by atoms with E-state index in [0.29, 0.717) is 0 Å². The summed E-state index contributed by atoms with van der Waals surface area (Å²) in [6.45, 7) is 0. The number of para-hydroxylation sites is 2. The van der Waals surface area contributed by atoms with Crippen LogP contribution in [0.1, 0.15) is 6.42 Å². The predicted octanol–water partition coefficient (Wildman–Crippen LogP) is 7.85. The average molecular weight is 691 g/mol. The van der Waals surface area contributed by atoms with E-state index in [1.165, 1.54) is 60.0 Å². The Bertz CT molecular complexity index is 3490. The highest BCUT2D eigenvalue weighted by Gasteiger charge is 2.25. The van der Waals surface area contributed by atoms with E-state index in [1.54, 1.807) is 0 Å². The van der Waals surface area contributed by atoms with Crippen molar-refractivity contribution in [2.75, 3.05) is 0 Å². The normalized spacial score (nSPS) is 13.0. The molecular formula is C49H32N5+. The number of hydrogen-bond donors (Lipinski definition) is 1. The van der Waals surface area contributed by atoms with Crippen LogP contribution in [-0.4, -0.2) is 24.9 Å². The molecule has 1 aliphatic heterocycles. The van der Waals surface area contributed by atoms with Gasteiger partial charge in [-0.1, -0.05) is 97.1 Å². The molecule has 0 spiro atoms. The number of fused-ring (bicyclic) bond motifs is 9. The molecule has 0 radical (unpaired) electrons. The third-order valence-electron chi connectivity index (χ3n) is 11.4. The number of H-pyrrole nitrogens is 1. The zero-order valence-electron chi connectivity index (χ0n) is 29.2. The van der Waals surface area contributed by atoms with Crippen LogP contribution in [0, 0.1) is 0 Å². The van der Waals surface area contributed by atoms with E-state index < -0.39 is 0 Å². The zero-order valence-corrected chi connectivity index (χ0v) is 29.2. The fourth-order valence-corrected chi connectivity index (χ4v) is 9.03. The molecule has 1 aliphatic carbocycles. The lowest BCUT2D eigenvalue weighted by atomic mass is 10.0. The summed E-state index contributed by atoms with van der Waals surface area (Å²) in [4.78, 5) is 3.54. The van der Waals surface area contributed by atoms with E-state index in [1.807, 2.05) is 12.4 Å². The predicted molar refractivity (Wildman–Crippen MR) is 223 cm³/mol. The summed E-state index contributed by atoms with van der Waals surface area (Å²) in [5, 5.41) is 8.69. The molecule has 0 fully saturated rings. The fourth-order valence-electron chi connectivity index (χ4n) is 9.03. The highest BCUT2D eigenvalue weighted by molar-refractivity contribution is 6.10. The van der Waals surface area contributed by atoms with Gasteiger partial charge in [0.1, 0.15) is 16.9 Å². The molecule has 5 heteroatoms. The molecule has 2 aliphatic rings. The Hall–Kier alpha value is -7.33. The van der Waals surface area contributed by atoms with Crippen LogP contribution in [0.25, 0.3) is 101 Å². The van der Waals surface area contributed by atoms with Gasteiger partial charge < -0.3 is 9.55 Å². The Morgan fingerprint density at radius 3 is 2.17 bits per heavy atom. The van der Waals surface area contributed by atoms with Crippen molar-refractivity contribution in [2.24, 2.45) is 0 Å². The molecule has 12 rings (SSSR count). The van der Waals surface area contributed by atoms with Crippen molar-refractivity contribution in [3.05, 3.63) is 173 Å². The average Bonchev–Trinajstić information content (AvgIpc) is 4.08. The van der Waals surface area contributed by atoms with Crippen molar-refractivity contribution in [3.8, 4) is 39.3 Å². The van der Waals surface area contributed by atoms with Gasteiger partial charge in [-0.3, -0.25) is 4.57 Å². The molecule has 6 aromatic carbocycles. The van der Waals surface area contributed by atoms with Crippen molar-refractivity contribution in [1.82, 2.24) is 23.4 Å². The summed E-state index contributed by atoms with van der Waals surface area (Å²) in [6, 6.07) is 52.8. The second-order valence-corrected chi connectivity index (χ2v) is 14.3. The molecule has 10 aromatic rings. The Morgan fingerprint density at radius 2 is 1.24 bits per heavy atom. The maximum absolute atomic E-state index is 4.95. The molecular weight excluding hydrogens is 659 g/mol. The summed E-state index contributed by atoms with van der Waals surface area (Å²) in [5.41, 5.74) is 13.8. The fraction of sp³-hybridized carbons (Fsp3) is 0.0204. The summed E-state index contributed by atoms with van der Waals surface area (Å²) >= 11 is 0. The van der Waals surface area contributed by atoms with E-state index in [-0.39, 0.29) is 0 Å². The van der Waals surface area contributed by atoms with Crippen LogP contribution in [0.3, 0.4) is 0 Å². The van der Waals surface area contributed by atoms with Gasteiger partial charge >= 0.3 is 5.49 Å². The maximum atomic E-state index is 4.95. The van der Waals surface area contributed by atoms with Crippen molar-refractivity contribution in [1.29, 1.82) is 0 Å². The van der Waals surface area contributed by atoms with Gasteiger partial charge in [-0.25, -0.2) is 4.67 Å². The third kappa shape index (κ3) is 4.07. The third-order valence-corrected chi connectivity index (χ3v) is 11.4. The van der Waals surface area contributed by atoms with E-state index in [4.69, 9.17) is 4.67 Å². The SMILES string of the molecule is C1=[N+]=c2c(c3cc(-n4c5c(c6ccccc64)=CCC=5)ccc3n2-c2ccccc2-c2ccc3c(c2)c2cc[nH]c2n3-c2ccc(-c3ccccc3)cc2)=C1. The topological polar surface area (TPSA) is 44.7 Å². The summed E-state index contributed by atoms with van der Waals surface area (Å²) in [7, 11) is 0. The monoisotopic (exact) mass is 690 g/mol. The highest BCUT2D eigenvalue weighted by Crippen LogP contribution is 2.37. The van der Waals surface area contributed by atoms with Gasteiger partial charge in [0.25, 0.3) is 0 Å². The summed E-state index contributed by atoms with van der Waals surface area (Å²) in [6.07, 6.45) is 11.8. The van der Waals surface area contributed by atoms with E-state index in [0.717, 1.165) is 50.8 Å². The van der Waals surface area contributed by atoms with Gasteiger partial charge in [-0.15, -0.1) is 0 Å². The molecule has 0 bridgehead atoms. The highest BCUT2D eigenvalue weighted by atomic mass is 15.1. The molecule has 54 heavy (non-hydrogen) atoms. The van der Waals surface area contributed by atoms with Gasteiger partial charge in [-0.2, -0.15) is 4.57 Å². The van der Waals surface area contributed by atoms with Crippen molar-refractivity contribution >= 4 is 68.2 Å². The van der Waals surface area contributed by atoms with Crippen LogP contribution in [0.5, 0.6) is 0 Å². The molecule has 5 nitrogen and oxygen atoms in total. The number of hydrogen-bond acceptors (Lipinski definition) is 0. The molecule has 0 amide bonds. The van der Waals surface area contributed by atoms with Crippen LogP contribution >= 0.6 is 0 Å². The molecule has 0 unspecified atom stereocenters. The molecule has 1 N–H and O–H groups in total. The van der Waals surface area contributed by atoms with Gasteiger partial charge in [0.05, 0.1) is 21.6 Å². The van der Waals surface area contributed by atoms with Crippen LogP contribution < -0.4 is 25.9 Å². The lowest BCUT2D eigenvalue weighted by Crippen LogP contribution is -2.29. The smallest absolute Gasteiger partial charge is 0.347 e. The van der Waals surface area contributed by atoms with Crippen molar-refractivity contribution in [2.45, 2.75) is 6.42 Å². The molecule has 0 atom stereocenters. The summed E-state index contributed by atoms with van der Waals surface area (Å²) < 4.78 is 12.1. The van der Waals surface area contributed by atoms with Gasteiger partial charge in [-0.05, 0) is 83.8 Å². The molecule has 4 aromatic heterocycles. The Labute approximate surface area is 309 Å². The number of nitrogens with one attached hydrogen (secondary N) is 1. The Balaban J connectivity index is 1.01. The second-order valence-electron chi connectivity index (χ2n) is 14.3. The van der Waals surface area contributed by atoms with E-state index in [9.17, 15) is 0 Å².